The van der Waals surface area contributed by atoms with Crippen molar-refractivity contribution in [3.8, 4) is 0 Å². The van der Waals surface area contributed by atoms with Crippen molar-refractivity contribution in [1.29, 1.82) is 0 Å². The summed E-state index contributed by atoms with van der Waals surface area (Å²) in [7, 11) is 0. The molecule has 2 aromatic rings. The molecule has 2 aromatic carbocycles. The first-order valence-corrected chi connectivity index (χ1v) is 10.0. The molecule has 0 saturated carbocycles. The van der Waals surface area contributed by atoms with Gasteiger partial charge in [0.2, 0.25) is 5.60 Å². The molecule has 1 aliphatic rings. The van der Waals surface area contributed by atoms with Crippen molar-refractivity contribution in [2.45, 2.75) is 41.7 Å². The lowest BCUT2D eigenvalue weighted by Gasteiger charge is -2.36. The summed E-state index contributed by atoms with van der Waals surface area (Å²) in [6, 6.07) is 11.7. The van der Waals surface area contributed by atoms with Crippen LogP contribution in [-0.4, -0.2) is 28.7 Å². The Kier molecular flexibility index (Phi) is 6.37. The van der Waals surface area contributed by atoms with Gasteiger partial charge < -0.3 is 14.8 Å². The Morgan fingerprint density at radius 3 is 2.20 bits per heavy atom. The number of aliphatic hydroxyl groups is 1. The summed E-state index contributed by atoms with van der Waals surface area (Å²) in [4.78, 5) is 13.7. The van der Waals surface area contributed by atoms with Gasteiger partial charge in [0.15, 0.2) is 0 Å². The van der Waals surface area contributed by atoms with E-state index in [1.54, 1.807) is 29.2 Å². The lowest BCUT2D eigenvalue weighted by Crippen LogP contribution is -2.52. The predicted molar refractivity (Wildman–Crippen MR) is 107 cm³/mol. The number of aryl methyl sites for hydroxylation is 1. The molecule has 1 unspecified atom stereocenters. The molecule has 9 heteroatoms. The molecule has 0 amide bonds. The number of fused-ring (bicyclic) bond motifs is 1. The monoisotopic (exact) mass is 463 g/mol. The van der Waals surface area contributed by atoms with Crippen LogP contribution >= 0.6 is 23.2 Å². The Hall–Kier alpha value is -1.83. The first kappa shape index (κ1) is 22.8. The highest BCUT2D eigenvalue weighted by atomic mass is 35.5. The van der Waals surface area contributed by atoms with Crippen LogP contribution in [0.4, 0.5) is 23.2 Å². The number of anilines is 1. The van der Waals surface area contributed by atoms with Crippen molar-refractivity contribution in [1.82, 2.24) is 0 Å². The zero-order chi connectivity index (χ0) is 22.2. The quantitative estimate of drug-likeness (QED) is 0.343. The highest BCUT2D eigenvalue weighted by Crippen LogP contribution is 2.53. The van der Waals surface area contributed by atoms with Crippen molar-refractivity contribution in [3.05, 3.63) is 65.2 Å². The second-order valence-electron chi connectivity index (χ2n) is 7.19. The fourth-order valence-corrected chi connectivity index (χ4v) is 4.27. The number of nitrogens with zero attached hydrogens (tertiary/aromatic N) is 1. The van der Waals surface area contributed by atoms with E-state index >= 15 is 0 Å². The fourth-order valence-electron chi connectivity index (χ4n) is 3.77. The van der Waals surface area contributed by atoms with Gasteiger partial charge in [-0.25, -0.2) is 0 Å². The van der Waals surface area contributed by atoms with Gasteiger partial charge in [-0.2, -0.15) is 17.6 Å². The van der Waals surface area contributed by atoms with Crippen LogP contribution in [-0.2, 0) is 16.8 Å². The SMILES string of the molecule is O=CC(c1ccccc1)N1CCCCc2cc(C(O)(C(F)(F)Cl)C(F)(F)Cl)ccc21. The first-order valence-electron chi connectivity index (χ1n) is 9.27. The maximum absolute atomic E-state index is 13.8. The van der Waals surface area contributed by atoms with Gasteiger partial charge in [-0.3, -0.25) is 0 Å². The normalized spacial score (nSPS) is 16.6. The standard InChI is InChI=1S/C21H19Cl2F4NO2/c22-20(24,25)19(30,21(23,26)27)16-9-10-17-15(12-16)8-4-5-11-28(17)18(13-29)14-6-2-1-3-7-14/h1-3,6-7,9-10,12-13,18,30H,4-5,8,11H2. The lowest BCUT2D eigenvalue weighted by molar-refractivity contribution is -0.224. The first-order chi connectivity index (χ1) is 14.0. The smallest absolute Gasteiger partial charge is 0.361 e. The van der Waals surface area contributed by atoms with Crippen LogP contribution in [0.2, 0.25) is 0 Å². The fraction of sp³-hybridized carbons (Fsp3) is 0.381. The van der Waals surface area contributed by atoms with Crippen LogP contribution in [0.25, 0.3) is 0 Å². The van der Waals surface area contributed by atoms with E-state index in [2.05, 4.69) is 0 Å². The lowest BCUT2D eigenvalue weighted by atomic mass is 9.90. The molecule has 0 aliphatic carbocycles. The van der Waals surface area contributed by atoms with Gasteiger partial charge in [-0.15, -0.1) is 0 Å². The van der Waals surface area contributed by atoms with Gasteiger partial charge in [0.05, 0.1) is 0 Å². The number of rotatable bonds is 6. The zero-order valence-electron chi connectivity index (χ0n) is 15.7. The van der Waals surface area contributed by atoms with Crippen LogP contribution in [0.1, 0.15) is 35.6 Å². The maximum atomic E-state index is 13.8. The topological polar surface area (TPSA) is 40.5 Å². The number of hydrogen-bond donors (Lipinski definition) is 1. The number of carbonyl (C=O) groups excluding carboxylic acids is 1. The van der Waals surface area contributed by atoms with E-state index in [4.69, 9.17) is 23.2 Å². The Morgan fingerprint density at radius 1 is 1.00 bits per heavy atom. The molecule has 0 fully saturated rings. The van der Waals surface area contributed by atoms with Crippen molar-refractivity contribution < 1.29 is 27.5 Å². The molecule has 1 aliphatic heterocycles. The average Bonchev–Trinajstić information content (AvgIpc) is 2.89. The molecule has 0 radical (unpaired) electrons. The molecule has 0 aromatic heterocycles. The van der Waals surface area contributed by atoms with Gasteiger partial charge in [0.1, 0.15) is 12.3 Å². The number of carbonyl (C=O) groups is 1. The second kappa shape index (κ2) is 8.36. The summed E-state index contributed by atoms with van der Waals surface area (Å²) >= 11 is 9.70. The molecular formula is C21H19Cl2F4NO2. The molecule has 3 nitrogen and oxygen atoms in total. The largest absolute Gasteiger partial charge is 0.372 e. The molecule has 0 saturated heterocycles. The van der Waals surface area contributed by atoms with Crippen molar-refractivity contribution >= 4 is 35.2 Å². The molecule has 1 heterocycles. The number of hydrogen-bond acceptors (Lipinski definition) is 3. The van der Waals surface area contributed by atoms with Gasteiger partial charge in [0.25, 0.3) is 0 Å². The van der Waals surface area contributed by atoms with Gasteiger partial charge in [0, 0.05) is 12.2 Å². The number of benzene rings is 2. The van der Waals surface area contributed by atoms with Crippen molar-refractivity contribution in [3.63, 3.8) is 0 Å². The average molecular weight is 464 g/mol. The summed E-state index contributed by atoms with van der Waals surface area (Å²) in [5.74, 6) is 0. The molecular weight excluding hydrogens is 445 g/mol. The minimum absolute atomic E-state index is 0.387. The summed E-state index contributed by atoms with van der Waals surface area (Å²) < 4.78 is 55.4. The van der Waals surface area contributed by atoms with Gasteiger partial charge in [-0.1, -0.05) is 42.5 Å². The van der Waals surface area contributed by atoms with E-state index < -0.39 is 28.0 Å². The van der Waals surface area contributed by atoms with E-state index in [0.29, 0.717) is 37.1 Å². The third kappa shape index (κ3) is 4.03. The van der Waals surface area contributed by atoms with Crippen LogP contribution in [0, 0.1) is 0 Å². The predicted octanol–water partition coefficient (Wildman–Crippen LogP) is 5.62. The number of alkyl halides is 6. The van der Waals surface area contributed by atoms with Crippen LogP contribution in [0.15, 0.2) is 48.5 Å². The van der Waals surface area contributed by atoms with Gasteiger partial charge >= 0.3 is 10.8 Å². The molecule has 0 spiro atoms. The van der Waals surface area contributed by atoms with Crippen LogP contribution in [0.5, 0.6) is 0 Å². The van der Waals surface area contributed by atoms with Gasteiger partial charge in [-0.05, 0) is 65.2 Å². The molecule has 3 rings (SSSR count). The van der Waals surface area contributed by atoms with Crippen molar-refractivity contribution in [2.24, 2.45) is 0 Å². The summed E-state index contributed by atoms with van der Waals surface area (Å²) in [6.07, 6.45) is 2.50. The Balaban J connectivity index is 2.11. The Labute approximate surface area is 181 Å². The minimum atomic E-state index is -4.73. The highest BCUT2D eigenvalue weighted by molar-refractivity contribution is 6.26. The summed E-state index contributed by atoms with van der Waals surface area (Å²) in [5, 5.41) is 0.733. The second-order valence-corrected chi connectivity index (χ2v) is 8.14. The van der Waals surface area contributed by atoms with E-state index in [0.717, 1.165) is 24.0 Å². The molecule has 1 atom stereocenters. The third-order valence-electron chi connectivity index (χ3n) is 5.33. The Morgan fingerprint density at radius 2 is 1.63 bits per heavy atom. The van der Waals surface area contributed by atoms with Crippen LogP contribution in [0.3, 0.4) is 0 Å². The van der Waals surface area contributed by atoms with E-state index in [-0.39, 0.29) is 0 Å². The number of aldehydes is 1. The molecule has 1 N–H and O–H groups in total. The molecule has 30 heavy (non-hydrogen) atoms. The van der Waals surface area contributed by atoms with Crippen molar-refractivity contribution in [2.75, 3.05) is 11.4 Å². The molecule has 162 valence electrons. The summed E-state index contributed by atoms with van der Waals surface area (Å²) in [6.45, 7) is 0.506. The maximum Gasteiger partial charge on any atom is 0.361 e. The van der Waals surface area contributed by atoms with E-state index in [1.165, 1.54) is 6.07 Å². The van der Waals surface area contributed by atoms with Crippen LogP contribution < -0.4 is 4.90 Å². The number of halogens is 6. The third-order valence-corrected chi connectivity index (χ3v) is 5.88. The van der Waals surface area contributed by atoms with E-state index in [9.17, 15) is 27.5 Å². The molecule has 0 bridgehead atoms. The minimum Gasteiger partial charge on any atom is -0.372 e. The Bertz CT molecular complexity index is 886. The highest BCUT2D eigenvalue weighted by Gasteiger charge is 2.68. The zero-order valence-corrected chi connectivity index (χ0v) is 17.2. The van der Waals surface area contributed by atoms with E-state index in [1.807, 2.05) is 6.07 Å². The summed E-state index contributed by atoms with van der Waals surface area (Å²) in [5.41, 5.74) is -3.20.